The lowest BCUT2D eigenvalue weighted by Gasteiger charge is -2.18. The van der Waals surface area contributed by atoms with Gasteiger partial charge in [-0.15, -0.1) is 0 Å². The molecular formula is C13H21NO. The number of para-hydroxylation sites is 1. The minimum absolute atomic E-state index is 0.210. The topological polar surface area (TPSA) is 21.3 Å². The molecule has 1 rings (SSSR count). The zero-order chi connectivity index (χ0) is 11.1. The summed E-state index contributed by atoms with van der Waals surface area (Å²) in [7, 11) is 0. The van der Waals surface area contributed by atoms with Crippen molar-refractivity contribution in [3.63, 3.8) is 0 Å². The van der Waals surface area contributed by atoms with E-state index in [1.807, 2.05) is 30.3 Å². The predicted octanol–water partition coefficient (Wildman–Crippen LogP) is 2.84. The number of hydrogen-bond acceptors (Lipinski definition) is 2. The molecule has 0 heterocycles. The first-order chi connectivity index (χ1) is 7.22. The molecule has 0 saturated heterocycles. The third-order valence-electron chi connectivity index (χ3n) is 2.45. The first-order valence-electron chi connectivity index (χ1n) is 5.67. The Bertz CT molecular complexity index is 260. The summed E-state index contributed by atoms with van der Waals surface area (Å²) in [5, 5.41) is 3.43. The van der Waals surface area contributed by atoms with Crippen LogP contribution in [0.1, 0.15) is 27.2 Å². The predicted molar refractivity (Wildman–Crippen MR) is 64.3 cm³/mol. The van der Waals surface area contributed by atoms with Gasteiger partial charge in [0, 0.05) is 12.6 Å². The van der Waals surface area contributed by atoms with Crippen LogP contribution in [0.25, 0.3) is 0 Å². The smallest absolute Gasteiger partial charge is 0.119 e. The lowest BCUT2D eigenvalue weighted by Crippen LogP contribution is -2.34. The van der Waals surface area contributed by atoms with Crippen molar-refractivity contribution < 1.29 is 4.74 Å². The quantitative estimate of drug-likeness (QED) is 0.774. The molecule has 15 heavy (non-hydrogen) atoms. The van der Waals surface area contributed by atoms with Crippen LogP contribution in [0.5, 0.6) is 5.75 Å². The lowest BCUT2D eigenvalue weighted by atomic mass is 10.2. The molecule has 2 nitrogen and oxygen atoms in total. The molecule has 2 atom stereocenters. The maximum absolute atomic E-state index is 5.75. The van der Waals surface area contributed by atoms with E-state index >= 15 is 0 Å². The Labute approximate surface area is 92.6 Å². The van der Waals surface area contributed by atoms with Gasteiger partial charge in [0.1, 0.15) is 11.9 Å². The number of nitrogens with one attached hydrogen (secondary N) is 1. The van der Waals surface area contributed by atoms with Crippen LogP contribution < -0.4 is 10.1 Å². The fourth-order valence-corrected chi connectivity index (χ4v) is 1.28. The average Bonchev–Trinajstić information content (AvgIpc) is 2.27. The second kappa shape index (κ2) is 6.46. The summed E-state index contributed by atoms with van der Waals surface area (Å²) in [4.78, 5) is 0. The molecule has 0 aliphatic heterocycles. The minimum Gasteiger partial charge on any atom is -0.489 e. The molecule has 1 aromatic carbocycles. The Morgan fingerprint density at radius 3 is 2.47 bits per heavy atom. The summed E-state index contributed by atoms with van der Waals surface area (Å²) < 4.78 is 5.75. The number of benzene rings is 1. The van der Waals surface area contributed by atoms with Gasteiger partial charge < -0.3 is 10.1 Å². The molecule has 0 aliphatic carbocycles. The van der Waals surface area contributed by atoms with E-state index in [0.717, 1.165) is 18.7 Å². The molecule has 0 aliphatic rings. The fourth-order valence-electron chi connectivity index (χ4n) is 1.28. The Balaban J connectivity index is 2.27. The summed E-state index contributed by atoms with van der Waals surface area (Å²) in [6, 6.07) is 10.5. The van der Waals surface area contributed by atoms with Crippen LogP contribution in [0.15, 0.2) is 30.3 Å². The van der Waals surface area contributed by atoms with Crippen molar-refractivity contribution >= 4 is 0 Å². The highest BCUT2D eigenvalue weighted by Crippen LogP contribution is 2.10. The first kappa shape index (κ1) is 12.1. The highest BCUT2D eigenvalue weighted by atomic mass is 16.5. The SMILES string of the molecule is CCC(C)NCC(C)Oc1ccccc1. The zero-order valence-corrected chi connectivity index (χ0v) is 9.86. The Morgan fingerprint density at radius 1 is 1.20 bits per heavy atom. The summed E-state index contributed by atoms with van der Waals surface area (Å²) in [5.41, 5.74) is 0. The minimum atomic E-state index is 0.210. The summed E-state index contributed by atoms with van der Waals surface area (Å²) in [6.07, 6.45) is 1.36. The van der Waals surface area contributed by atoms with Crippen LogP contribution >= 0.6 is 0 Å². The van der Waals surface area contributed by atoms with Crippen LogP contribution in [-0.2, 0) is 0 Å². The van der Waals surface area contributed by atoms with E-state index in [2.05, 4.69) is 26.1 Å². The summed E-state index contributed by atoms with van der Waals surface area (Å²) >= 11 is 0. The van der Waals surface area contributed by atoms with Crippen LogP contribution in [0.4, 0.5) is 0 Å². The molecule has 2 heteroatoms. The average molecular weight is 207 g/mol. The molecular weight excluding hydrogens is 186 g/mol. The largest absolute Gasteiger partial charge is 0.489 e. The van der Waals surface area contributed by atoms with Crippen molar-refractivity contribution in [1.29, 1.82) is 0 Å². The van der Waals surface area contributed by atoms with Crippen LogP contribution in [0, 0.1) is 0 Å². The van der Waals surface area contributed by atoms with Gasteiger partial charge in [0.15, 0.2) is 0 Å². The molecule has 0 bridgehead atoms. The van der Waals surface area contributed by atoms with Crippen molar-refractivity contribution in [2.45, 2.75) is 39.3 Å². The second-order valence-corrected chi connectivity index (χ2v) is 3.96. The molecule has 0 amide bonds. The van der Waals surface area contributed by atoms with Gasteiger partial charge >= 0.3 is 0 Å². The lowest BCUT2D eigenvalue weighted by molar-refractivity contribution is 0.212. The van der Waals surface area contributed by atoms with Gasteiger partial charge in [0.25, 0.3) is 0 Å². The van der Waals surface area contributed by atoms with Gasteiger partial charge in [0.2, 0.25) is 0 Å². The van der Waals surface area contributed by atoms with Crippen molar-refractivity contribution in [1.82, 2.24) is 5.32 Å². The van der Waals surface area contributed by atoms with Crippen molar-refractivity contribution in [3.8, 4) is 5.75 Å². The van der Waals surface area contributed by atoms with Crippen LogP contribution in [0.2, 0.25) is 0 Å². The molecule has 0 spiro atoms. The Hall–Kier alpha value is -1.02. The number of rotatable bonds is 6. The molecule has 0 aromatic heterocycles. The van der Waals surface area contributed by atoms with E-state index in [0.29, 0.717) is 6.04 Å². The van der Waals surface area contributed by atoms with Gasteiger partial charge in [-0.05, 0) is 32.4 Å². The summed E-state index contributed by atoms with van der Waals surface area (Å²) in [5.74, 6) is 0.941. The Morgan fingerprint density at radius 2 is 1.87 bits per heavy atom. The van der Waals surface area contributed by atoms with Gasteiger partial charge in [-0.1, -0.05) is 25.1 Å². The van der Waals surface area contributed by atoms with Crippen molar-refractivity contribution in [3.05, 3.63) is 30.3 Å². The molecule has 0 radical (unpaired) electrons. The maximum Gasteiger partial charge on any atom is 0.119 e. The van der Waals surface area contributed by atoms with Crippen molar-refractivity contribution in [2.24, 2.45) is 0 Å². The van der Waals surface area contributed by atoms with E-state index < -0.39 is 0 Å². The number of hydrogen-bond donors (Lipinski definition) is 1. The van der Waals surface area contributed by atoms with Crippen LogP contribution in [-0.4, -0.2) is 18.7 Å². The van der Waals surface area contributed by atoms with Gasteiger partial charge in [-0.3, -0.25) is 0 Å². The molecule has 84 valence electrons. The summed E-state index contributed by atoms with van der Waals surface area (Å²) in [6.45, 7) is 7.35. The first-order valence-corrected chi connectivity index (χ1v) is 5.67. The normalized spacial score (nSPS) is 14.6. The van der Waals surface area contributed by atoms with E-state index in [-0.39, 0.29) is 6.10 Å². The molecule has 0 saturated carbocycles. The monoisotopic (exact) mass is 207 g/mol. The molecule has 0 fully saturated rings. The Kier molecular flexibility index (Phi) is 5.19. The standard InChI is InChI=1S/C13H21NO/c1-4-11(2)14-10-12(3)15-13-8-6-5-7-9-13/h5-9,11-12,14H,4,10H2,1-3H3. The molecule has 2 unspecified atom stereocenters. The van der Waals surface area contributed by atoms with Gasteiger partial charge in [-0.2, -0.15) is 0 Å². The van der Waals surface area contributed by atoms with E-state index in [1.165, 1.54) is 0 Å². The maximum atomic E-state index is 5.75. The highest BCUT2D eigenvalue weighted by Gasteiger charge is 2.05. The third-order valence-corrected chi connectivity index (χ3v) is 2.45. The van der Waals surface area contributed by atoms with Gasteiger partial charge in [0.05, 0.1) is 0 Å². The van der Waals surface area contributed by atoms with Crippen LogP contribution in [0.3, 0.4) is 0 Å². The highest BCUT2D eigenvalue weighted by molar-refractivity contribution is 5.21. The zero-order valence-electron chi connectivity index (χ0n) is 9.86. The number of ether oxygens (including phenoxy) is 1. The molecule has 1 N–H and O–H groups in total. The molecule has 1 aromatic rings. The van der Waals surface area contributed by atoms with Gasteiger partial charge in [-0.25, -0.2) is 0 Å². The van der Waals surface area contributed by atoms with E-state index in [1.54, 1.807) is 0 Å². The third kappa shape index (κ3) is 4.84. The van der Waals surface area contributed by atoms with Crippen molar-refractivity contribution in [2.75, 3.05) is 6.54 Å². The van der Waals surface area contributed by atoms with E-state index in [9.17, 15) is 0 Å². The fraction of sp³-hybridized carbons (Fsp3) is 0.538. The second-order valence-electron chi connectivity index (χ2n) is 3.96. The van der Waals surface area contributed by atoms with E-state index in [4.69, 9.17) is 4.74 Å².